The van der Waals surface area contributed by atoms with Crippen molar-refractivity contribution in [3.8, 4) is 0 Å². The molecule has 2 rings (SSSR count). The highest BCUT2D eigenvalue weighted by molar-refractivity contribution is 6.35. The van der Waals surface area contributed by atoms with Crippen LogP contribution < -0.4 is 16.0 Å². The van der Waals surface area contributed by atoms with E-state index in [-0.39, 0.29) is 12.5 Å². The Morgan fingerprint density at radius 2 is 1.81 bits per heavy atom. The number of pyridine rings is 1. The molecule has 0 unspecified atom stereocenters. The van der Waals surface area contributed by atoms with Gasteiger partial charge in [0.1, 0.15) is 5.69 Å². The lowest BCUT2D eigenvalue weighted by molar-refractivity contribution is 0.251. The number of hydrogen-bond donors (Lipinski definition) is 4. The van der Waals surface area contributed by atoms with Crippen molar-refractivity contribution in [2.45, 2.75) is 33.2 Å². The quantitative estimate of drug-likeness (QED) is 0.492. The van der Waals surface area contributed by atoms with Crippen molar-refractivity contribution >= 4 is 46.3 Å². The van der Waals surface area contributed by atoms with Crippen LogP contribution in [-0.2, 0) is 6.54 Å². The van der Waals surface area contributed by atoms with E-state index in [2.05, 4.69) is 34.8 Å². The molecule has 27 heavy (non-hydrogen) atoms. The molecule has 0 bridgehead atoms. The smallest absolute Gasteiger partial charge is 0.319 e. The molecule has 0 aliphatic rings. The number of nitrogens with zero attached hydrogens (tertiary/aromatic N) is 1. The molecule has 0 fully saturated rings. The van der Waals surface area contributed by atoms with Gasteiger partial charge in [0.15, 0.2) is 0 Å². The first-order valence-electron chi connectivity index (χ1n) is 8.49. The summed E-state index contributed by atoms with van der Waals surface area (Å²) in [5, 5.41) is 17.5. The maximum atomic E-state index is 12.2. The molecule has 6 nitrogen and oxygen atoms in total. The zero-order valence-corrected chi connectivity index (χ0v) is 17.2. The number of carbonyl (C=O) groups excluding carboxylic acids is 1. The Bertz CT molecular complexity index is 847. The van der Waals surface area contributed by atoms with Crippen molar-refractivity contribution in [2.24, 2.45) is 0 Å². The van der Waals surface area contributed by atoms with Gasteiger partial charge in [-0.15, -0.1) is 0 Å². The van der Waals surface area contributed by atoms with Crippen molar-refractivity contribution in [2.75, 3.05) is 17.7 Å². The summed E-state index contributed by atoms with van der Waals surface area (Å²) in [7, 11) is 1.82. The molecule has 2 amide bonds. The van der Waals surface area contributed by atoms with E-state index in [0.717, 1.165) is 11.3 Å². The largest absolute Gasteiger partial charge is 0.386 e. The molecule has 0 atom stereocenters. The topological polar surface area (TPSA) is 89.9 Å². The molecule has 8 heteroatoms. The first kappa shape index (κ1) is 21.0. The summed E-state index contributed by atoms with van der Waals surface area (Å²) in [6, 6.07) is 6.36. The van der Waals surface area contributed by atoms with Gasteiger partial charge in [0.25, 0.3) is 0 Å². The lowest BCUT2D eigenvalue weighted by atomic mass is 9.98. The Morgan fingerprint density at radius 3 is 2.33 bits per heavy atom. The normalized spacial score (nSPS) is 10.6. The van der Waals surface area contributed by atoms with E-state index in [1.807, 2.05) is 13.1 Å². The Morgan fingerprint density at radius 1 is 1.19 bits per heavy atom. The van der Waals surface area contributed by atoms with Crippen molar-refractivity contribution in [1.29, 1.82) is 5.41 Å². The Kier molecular flexibility index (Phi) is 7.05. The number of rotatable bonds is 6. The number of anilines is 2. The fraction of sp³-hybridized carbons (Fsp3) is 0.316. The molecule has 0 saturated heterocycles. The molecule has 0 radical (unpaired) electrons. The molecule has 1 aromatic heterocycles. The van der Waals surface area contributed by atoms with Gasteiger partial charge in [-0.05, 0) is 42.7 Å². The van der Waals surface area contributed by atoms with Gasteiger partial charge >= 0.3 is 6.03 Å². The predicted octanol–water partition coefficient (Wildman–Crippen LogP) is 5.26. The standard InChI is InChI=1S/C19H23Cl2N5O/c1-10(2)16-8-15(25-17(11(3)22)18(16)23-4)9-24-19(27)26-14-6-12(20)5-13(21)7-14/h5-8,10,22-23H,9H2,1-4H3,(H2,24,26,27). The molecule has 1 heterocycles. The Hall–Kier alpha value is -2.31. The van der Waals surface area contributed by atoms with Gasteiger partial charge in [0.05, 0.1) is 23.6 Å². The van der Waals surface area contributed by atoms with E-state index in [9.17, 15) is 4.79 Å². The van der Waals surface area contributed by atoms with Crippen LogP contribution in [0.3, 0.4) is 0 Å². The number of carbonyl (C=O) groups is 1. The highest BCUT2D eigenvalue weighted by Gasteiger charge is 2.16. The van der Waals surface area contributed by atoms with Crippen LogP contribution in [0.15, 0.2) is 24.3 Å². The molecule has 2 aromatic rings. The summed E-state index contributed by atoms with van der Waals surface area (Å²) in [5.74, 6) is 0.245. The zero-order valence-electron chi connectivity index (χ0n) is 15.7. The SMILES string of the molecule is CNc1c(C(C)C)cc(CNC(=O)Nc2cc(Cl)cc(Cl)c2)nc1C(C)=N. The van der Waals surface area contributed by atoms with E-state index >= 15 is 0 Å². The Labute approximate surface area is 169 Å². The minimum Gasteiger partial charge on any atom is -0.386 e. The number of amides is 2. The van der Waals surface area contributed by atoms with Crippen LogP contribution in [0.4, 0.5) is 16.2 Å². The number of aromatic nitrogens is 1. The first-order valence-corrected chi connectivity index (χ1v) is 9.25. The molecule has 0 aliphatic heterocycles. The lowest BCUT2D eigenvalue weighted by Gasteiger charge is -2.18. The fourth-order valence-corrected chi connectivity index (χ4v) is 3.20. The molecule has 0 spiro atoms. The van der Waals surface area contributed by atoms with Gasteiger partial charge in [-0.3, -0.25) is 0 Å². The minimum atomic E-state index is -0.396. The molecule has 0 saturated carbocycles. The third kappa shape index (κ3) is 5.58. The Balaban J connectivity index is 2.17. The average molecular weight is 408 g/mol. The third-order valence-corrected chi connectivity index (χ3v) is 4.32. The molecule has 144 valence electrons. The van der Waals surface area contributed by atoms with Crippen LogP contribution in [0.2, 0.25) is 10.0 Å². The number of halogens is 2. The molecular formula is C19H23Cl2N5O. The highest BCUT2D eigenvalue weighted by Crippen LogP contribution is 2.28. The summed E-state index contributed by atoms with van der Waals surface area (Å²) >= 11 is 11.9. The molecule has 4 N–H and O–H groups in total. The van der Waals surface area contributed by atoms with E-state index in [1.165, 1.54) is 0 Å². The van der Waals surface area contributed by atoms with Gasteiger partial charge in [0, 0.05) is 22.8 Å². The van der Waals surface area contributed by atoms with Crippen LogP contribution in [-0.4, -0.2) is 23.8 Å². The number of nitrogens with one attached hydrogen (secondary N) is 4. The van der Waals surface area contributed by atoms with Crippen LogP contribution in [0.25, 0.3) is 0 Å². The monoisotopic (exact) mass is 407 g/mol. The first-order chi connectivity index (χ1) is 12.7. The fourth-order valence-electron chi connectivity index (χ4n) is 2.67. The summed E-state index contributed by atoms with van der Waals surface area (Å²) in [4.78, 5) is 16.7. The van der Waals surface area contributed by atoms with Gasteiger partial charge < -0.3 is 21.4 Å². The summed E-state index contributed by atoms with van der Waals surface area (Å²) in [6.07, 6.45) is 0. The van der Waals surface area contributed by atoms with E-state index < -0.39 is 6.03 Å². The zero-order chi connectivity index (χ0) is 20.1. The van der Waals surface area contributed by atoms with Gasteiger partial charge in [-0.25, -0.2) is 9.78 Å². The van der Waals surface area contributed by atoms with Crippen LogP contribution >= 0.6 is 23.2 Å². The van der Waals surface area contributed by atoms with Gasteiger partial charge in [-0.2, -0.15) is 0 Å². The van der Waals surface area contributed by atoms with Gasteiger partial charge in [0.2, 0.25) is 0 Å². The van der Waals surface area contributed by atoms with Crippen molar-refractivity contribution in [3.05, 3.63) is 51.3 Å². The second-order valence-corrected chi connectivity index (χ2v) is 7.29. The van der Waals surface area contributed by atoms with Gasteiger partial charge in [-0.1, -0.05) is 37.0 Å². The van der Waals surface area contributed by atoms with E-state index in [4.69, 9.17) is 28.6 Å². The lowest BCUT2D eigenvalue weighted by Crippen LogP contribution is -2.29. The predicted molar refractivity (Wildman–Crippen MR) is 113 cm³/mol. The number of hydrogen-bond acceptors (Lipinski definition) is 4. The maximum absolute atomic E-state index is 12.2. The highest BCUT2D eigenvalue weighted by atomic mass is 35.5. The molecule has 1 aromatic carbocycles. The maximum Gasteiger partial charge on any atom is 0.319 e. The van der Waals surface area contributed by atoms with Crippen LogP contribution in [0.5, 0.6) is 0 Å². The summed E-state index contributed by atoms with van der Waals surface area (Å²) < 4.78 is 0. The summed E-state index contributed by atoms with van der Waals surface area (Å²) in [5.41, 5.74) is 4.02. The van der Waals surface area contributed by atoms with Crippen molar-refractivity contribution < 1.29 is 4.79 Å². The van der Waals surface area contributed by atoms with Crippen molar-refractivity contribution in [3.63, 3.8) is 0 Å². The molecule has 0 aliphatic carbocycles. The number of benzene rings is 1. The third-order valence-electron chi connectivity index (χ3n) is 3.88. The average Bonchev–Trinajstić information content (AvgIpc) is 2.57. The summed E-state index contributed by atoms with van der Waals surface area (Å²) in [6.45, 7) is 6.07. The second kappa shape index (κ2) is 9.06. The second-order valence-electron chi connectivity index (χ2n) is 6.42. The van der Waals surface area contributed by atoms with Crippen molar-refractivity contribution in [1.82, 2.24) is 10.3 Å². The number of urea groups is 1. The minimum absolute atomic E-state index is 0.226. The van der Waals surface area contributed by atoms with Crippen LogP contribution in [0.1, 0.15) is 43.6 Å². The molecular weight excluding hydrogens is 385 g/mol. The van der Waals surface area contributed by atoms with E-state index in [0.29, 0.717) is 32.8 Å². The van der Waals surface area contributed by atoms with Crippen LogP contribution in [0, 0.1) is 5.41 Å². The van der Waals surface area contributed by atoms with E-state index in [1.54, 1.807) is 25.1 Å².